The highest BCUT2D eigenvalue weighted by Crippen LogP contribution is 2.32. The van der Waals surface area contributed by atoms with Crippen LogP contribution in [-0.2, 0) is 6.42 Å². The molecule has 3 heteroatoms. The summed E-state index contributed by atoms with van der Waals surface area (Å²) in [6, 6.07) is 7.35. The van der Waals surface area contributed by atoms with E-state index in [0.29, 0.717) is 6.04 Å². The molecule has 0 saturated carbocycles. The van der Waals surface area contributed by atoms with Crippen LogP contribution in [0.1, 0.15) is 25.8 Å². The zero-order valence-corrected chi connectivity index (χ0v) is 11.0. The number of anilines is 1. The predicted octanol–water partition coefficient (Wildman–Crippen LogP) is 3.24. The van der Waals surface area contributed by atoms with Gasteiger partial charge in [0.15, 0.2) is 0 Å². The molecule has 1 aromatic carbocycles. The van der Waals surface area contributed by atoms with Crippen molar-refractivity contribution >= 4 is 5.69 Å². The molecule has 1 N–H and O–H groups in total. The van der Waals surface area contributed by atoms with E-state index in [-0.39, 0.29) is 0 Å². The van der Waals surface area contributed by atoms with Crippen LogP contribution in [0.3, 0.4) is 0 Å². The Balaban J connectivity index is 2.01. The fourth-order valence-corrected chi connectivity index (χ4v) is 2.75. The molecule has 0 unspecified atom stereocenters. The first-order valence-corrected chi connectivity index (χ1v) is 6.64. The van der Waals surface area contributed by atoms with Gasteiger partial charge in [-0.3, -0.25) is 5.10 Å². The summed E-state index contributed by atoms with van der Waals surface area (Å²) in [4.78, 5) is 2.50. The van der Waals surface area contributed by atoms with Gasteiger partial charge in [-0.05, 0) is 49.9 Å². The molecule has 18 heavy (non-hydrogen) atoms. The lowest BCUT2D eigenvalue weighted by molar-refractivity contribution is 0.626. The molecule has 0 atom stereocenters. The molecule has 1 aliphatic rings. The van der Waals surface area contributed by atoms with Crippen LogP contribution in [0.25, 0.3) is 11.1 Å². The van der Waals surface area contributed by atoms with Gasteiger partial charge in [0, 0.05) is 30.0 Å². The highest BCUT2D eigenvalue weighted by Gasteiger charge is 2.19. The van der Waals surface area contributed by atoms with Crippen LogP contribution in [0.5, 0.6) is 0 Å². The summed E-state index contributed by atoms with van der Waals surface area (Å²) in [5.41, 5.74) is 5.30. The van der Waals surface area contributed by atoms with Crippen LogP contribution in [0.2, 0.25) is 0 Å². The molecule has 3 rings (SSSR count). The minimum Gasteiger partial charge on any atom is -0.369 e. The second-order valence-corrected chi connectivity index (χ2v) is 5.22. The zero-order chi connectivity index (χ0) is 12.5. The van der Waals surface area contributed by atoms with Gasteiger partial charge in [0.1, 0.15) is 0 Å². The van der Waals surface area contributed by atoms with E-state index in [0.717, 1.165) is 0 Å². The number of aryl methyl sites for hydroxylation is 1. The molecule has 94 valence electrons. The smallest absolute Gasteiger partial charge is 0.0565 e. The maximum Gasteiger partial charge on any atom is 0.0565 e. The number of hydrogen-bond donors (Lipinski definition) is 1. The third-order valence-electron chi connectivity index (χ3n) is 3.69. The van der Waals surface area contributed by atoms with Crippen molar-refractivity contribution in [3.05, 3.63) is 36.2 Å². The monoisotopic (exact) mass is 241 g/mol. The highest BCUT2D eigenvalue weighted by atomic mass is 15.2. The van der Waals surface area contributed by atoms with E-state index in [9.17, 15) is 0 Å². The highest BCUT2D eigenvalue weighted by molar-refractivity contribution is 5.69. The second-order valence-electron chi connectivity index (χ2n) is 5.22. The van der Waals surface area contributed by atoms with Gasteiger partial charge in [-0.25, -0.2) is 0 Å². The quantitative estimate of drug-likeness (QED) is 0.875. The van der Waals surface area contributed by atoms with Crippen molar-refractivity contribution in [3.8, 4) is 11.1 Å². The lowest BCUT2D eigenvalue weighted by Gasteiger charge is -2.34. The Kier molecular flexibility index (Phi) is 2.82. The first-order valence-electron chi connectivity index (χ1n) is 6.64. The van der Waals surface area contributed by atoms with Crippen molar-refractivity contribution in [3.63, 3.8) is 0 Å². The maximum atomic E-state index is 4.02. The summed E-state index contributed by atoms with van der Waals surface area (Å²) in [7, 11) is 0. The van der Waals surface area contributed by atoms with Crippen molar-refractivity contribution in [2.75, 3.05) is 11.4 Å². The Hall–Kier alpha value is -1.77. The third kappa shape index (κ3) is 1.90. The predicted molar refractivity (Wildman–Crippen MR) is 74.8 cm³/mol. The van der Waals surface area contributed by atoms with Crippen molar-refractivity contribution in [2.45, 2.75) is 32.7 Å². The van der Waals surface area contributed by atoms with Crippen LogP contribution < -0.4 is 4.90 Å². The van der Waals surface area contributed by atoms with Gasteiger partial charge in [0.2, 0.25) is 0 Å². The van der Waals surface area contributed by atoms with E-state index in [1.807, 2.05) is 12.4 Å². The van der Waals surface area contributed by atoms with E-state index in [1.54, 1.807) is 0 Å². The maximum absolute atomic E-state index is 4.02. The molecule has 0 fully saturated rings. The Morgan fingerprint density at radius 2 is 2.17 bits per heavy atom. The molecule has 0 spiro atoms. The molecule has 1 aromatic heterocycles. The second kappa shape index (κ2) is 4.48. The van der Waals surface area contributed by atoms with Crippen LogP contribution >= 0.6 is 0 Å². The average Bonchev–Trinajstić information content (AvgIpc) is 2.91. The topological polar surface area (TPSA) is 31.9 Å². The number of aromatic nitrogens is 2. The fraction of sp³-hybridized carbons (Fsp3) is 0.400. The summed E-state index contributed by atoms with van der Waals surface area (Å²) < 4.78 is 0. The SMILES string of the molecule is CC(C)N1CCCc2cc(-c3cn[nH]c3)ccc21. The third-order valence-corrected chi connectivity index (χ3v) is 3.69. The number of nitrogens with one attached hydrogen (secondary N) is 1. The fourth-order valence-electron chi connectivity index (χ4n) is 2.75. The van der Waals surface area contributed by atoms with Gasteiger partial charge in [-0.2, -0.15) is 5.10 Å². The molecular weight excluding hydrogens is 222 g/mol. The number of hydrogen-bond acceptors (Lipinski definition) is 2. The summed E-state index contributed by atoms with van der Waals surface area (Å²) in [6.45, 7) is 5.70. The van der Waals surface area contributed by atoms with Gasteiger partial charge in [-0.1, -0.05) is 6.07 Å². The molecule has 2 heterocycles. The lowest BCUT2D eigenvalue weighted by Crippen LogP contribution is -2.35. The van der Waals surface area contributed by atoms with Gasteiger partial charge in [-0.15, -0.1) is 0 Å². The van der Waals surface area contributed by atoms with Crippen molar-refractivity contribution in [1.29, 1.82) is 0 Å². The summed E-state index contributed by atoms with van der Waals surface area (Å²) in [6.07, 6.45) is 6.26. The molecule has 0 saturated heterocycles. The first-order chi connectivity index (χ1) is 8.75. The zero-order valence-electron chi connectivity index (χ0n) is 11.0. The Morgan fingerprint density at radius 3 is 2.89 bits per heavy atom. The van der Waals surface area contributed by atoms with E-state index in [4.69, 9.17) is 0 Å². The summed E-state index contributed by atoms with van der Waals surface area (Å²) in [5, 5.41) is 6.89. The standard InChI is InChI=1S/C15H19N3/c1-11(2)18-7-3-4-13-8-12(5-6-15(13)18)14-9-16-17-10-14/h5-6,8-11H,3-4,7H2,1-2H3,(H,16,17). The minimum absolute atomic E-state index is 0.573. The molecule has 1 aliphatic heterocycles. The molecular formula is C15H19N3. The molecule has 3 nitrogen and oxygen atoms in total. The summed E-state index contributed by atoms with van der Waals surface area (Å²) in [5.74, 6) is 0. The van der Waals surface area contributed by atoms with Crippen molar-refractivity contribution in [2.24, 2.45) is 0 Å². The van der Waals surface area contributed by atoms with Crippen LogP contribution in [-0.4, -0.2) is 22.8 Å². The minimum atomic E-state index is 0.573. The molecule has 2 aromatic rings. The number of H-pyrrole nitrogens is 1. The molecule has 0 bridgehead atoms. The molecule has 0 aliphatic carbocycles. The van der Waals surface area contributed by atoms with Gasteiger partial charge >= 0.3 is 0 Å². The van der Waals surface area contributed by atoms with Crippen LogP contribution in [0.4, 0.5) is 5.69 Å². The van der Waals surface area contributed by atoms with Crippen molar-refractivity contribution in [1.82, 2.24) is 10.2 Å². The van der Waals surface area contributed by atoms with Crippen LogP contribution in [0.15, 0.2) is 30.6 Å². The van der Waals surface area contributed by atoms with Gasteiger partial charge in [0.25, 0.3) is 0 Å². The number of nitrogens with zero attached hydrogens (tertiary/aromatic N) is 2. The van der Waals surface area contributed by atoms with E-state index < -0.39 is 0 Å². The Bertz CT molecular complexity index is 529. The molecule has 0 amide bonds. The number of benzene rings is 1. The normalized spacial score (nSPS) is 14.9. The van der Waals surface area contributed by atoms with Gasteiger partial charge < -0.3 is 4.90 Å². The Morgan fingerprint density at radius 1 is 1.28 bits per heavy atom. The van der Waals surface area contributed by atoms with Crippen molar-refractivity contribution < 1.29 is 0 Å². The average molecular weight is 241 g/mol. The number of fused-ring (bicyclic) bond motifs is 1. The summed E-state index contributed by atoms with van der Waals surface area (Å²) >= 11 is 0. The molecule has 0 radical (unpaired) electrons. The van der Waals surface area contributed by atoms with Crippen LogP contribution in [0, 0.1) is 0 Å². The van der Waals surface area contributed by atoms with E-state index in [2.05, 4.69) is 47.1 Å². The Labute approximate surface area is 108 Å². The number of rotatable bonds is 2. The number of aromatic amines is 1. The van der Waals surface area contributed by atoms with E-state index in [1.165, 1.54) is 41.8 Å². The first kappa shape index (κ1) is 11.3. The van der Waals surface area contributed by atoms with Gasteiger partial charge in [0.05, 0.1) is 6.20 Å². The lowest BCUT2D eigenvalue weighted by atomic mass is 9.96. The van der Waals surface area contributed by atoms with E-state index >= 15 is 0 Å². The largest absolute Gasteiger partial charge is 0.369 e.